The molecule has 9 heteroatoms. The van der Waals surface area contributed by atoms with Crippen LogP contribution in [0.2, 0.25) is 0 Å². The van der Waals surface area contributed by atoms with Gasteiger partial charge in [-0.15, -0.1) is 0 Å². The third-order valence-electron chi connectivity index (χ3n) is 4.40. The maximum Gasteiger partial charge on any atom is 0.407 e. The normalized spacial score (nSPS) is 20.0. The van der Waals surface area contributed by atoms with Crippen molar-refractivity contribution in [3.8, 4) is 0 Å². The molecule has 1 heterocycles. The van der Waals surface area contributed by atoms with Crippen LogP contribution in [0.15, 0.2) is 18.2 Å². The van der Waals surface area contributed by atoms with Crippen LogP contribution in [0, 0.1) is 17.0 Å². The molecule has 0 aliphatic carbocycles. The Balaban J connectivity index is 2.12. The summed E-state index contributed by atoms with van der Waals surface area (Å²) in [4.78, 5) is 24.6. The van der Waals surface area contributed by atoms with Crippen molar-refractivity contribution in [2.75, 3.05) is 32.8 Å². The predicted octanol–water partition coefficient (Wildman–Crippen LogP) is 0.593. The molecule has 2 atom stereocenters. The van der Waals surface area contributed by atoms with Gasteiger partial charge in [0.1, 0.15) is 0 Å². The van der Waals surface area contributed by atoms with Crippen molar-refractivity contribution in [1.29, 1.82) is 0 Å². The number of carbonyl (C=O) groups is 1. The molecule has 1 saturated heterocycles. The second-order valence-electron chi connectivity index (χ2n) is 5.82. The molecule has 0 spiro atoms. The second kappa shape index (κ2) is 7.56. The highest BCUT2D eigenvalue weighted by Gasteiger charge is 2.31. The van der Waals surface area contributed by atoms with Crippen molar-refractivity contribution in [2.45, 2.75) is 19.1 Å². The van der Waals surface area contributed by atoms with Crippen molar-refractivity contribution in [2.24, 2.45) is 0 Å². The van der Waals surface area contributed by atoms with E-state index in [0.717, 1.165) is 0 Å². The van der Waals surface area contributed by atoms with Gasteiger partial charge in [0, 0.05) is 37.8 Å². The minimum Gasteiger partial charge on any atom is -0.465 e. The lowest BCUT2D eigenvalue weighted by Gasteiger charge is -2.40. The van der Waals surface area contributed by atoms with E-state index in [9.17, 15) is 25.1 Å². The van der Waals surface area contributed by atoms with Crippen molar-refractivity contribution in [3.05, 3.63) is 39.4 Å². The number of amides is 1. The van der Waals surface area contributed by atoms with Gasteiger partial charge in [0.25, 0.3) is 5.69 Å². The number of piperazine rings is 1. The average molecular weight is 339 g/mol. The lowest BCUT2D eigenvalue weighted by Crippen LogP contribution is -2.56. The minimum absolute atomic E-state index is 0.0547. The molecule has 0 radical (unpaired) electrons. The highest BCUT2D eigenvalue weighted by Crippen LogP contribution is 2.27. The fourth-order valence-electron chi connectivity index (χ4n) is 3.00. The van der Waals surface area contributed by atoms with Crippen LogP contribution in [0.1, 0.15) is 17.2 Å². The van der Waals surface area contributed by atoms with E-state index in [0.29, 0.717) is 17.7 Å². The zero-order chi connectivity index (χ0) is 17.9. The molecule has 3 N–H and O–H groups in total. The van der Waals surface area contributed by atoms with Crippen LogP contribution >= 0.6 is 0 Å². The first-order chi connectivity index (χ1) is 11.3. The summed E-state index contributed by atoms with van der Waals surface area (Å²) in [6.45, 7) is 2.34. The highest BCUT2D eigenvalue weighted by atomic mass is 16.6. The van der Waals surface area contributed by atoms with Crippen LogP contribution in [-0.4, -0.2) is 75.0 Å². The van der Waals surface area contributed by atoms with Gasteiger partial charge in [0.05, 0.1) is 23.7 Å². The van der Waals surface area contributed by atoms with E-state index < -0.39 is 23.2 Å². The van der Waals surface area contributed by atoms with Gasteiger partial charge in [-0.2, -0.15) is 0 Å². The lowest BCUT2D eigenvalue weighted by atomic mass is 10.0. The summed E-state index contributed by atoms with van der Waals surface area (Å²) in [7, 11) is 0. The number of rotatable bonds is 5. The van der Waals surface area contributed by atoms with Gasteiger partial charge in [-0.05, 0) is 12.5 Å². The number of hydrogen-bond acceptors (Lipinski definition) is 6. The lowest BCUT2D eigenvalue weighted by molar-refractivity contribution is -0.385. The Labute approximate surface area is 138 Å². The molecule has 1 aliphatic heterocycles. The van der Waals surface area contributed by atoms with E-state index in [2.05, 4.69) is 0 Å². The van der Waals surface area contributed by atoms with Gasteiger partial charge in [0.15, 0.2) is 0 Å². The monoisotopic (exact) mass is 339 g/mol. The molecule has 132 valence electrons. The molecule has 1 aliphatic rings. The van der Waals surface area contributed by atoms with Gasteiger partial charge in [-0.3, -0.25) is 15.0 Å². The molecule has 2 rings (SSSR count). The van der Waals surface area contributed by atoms with Gasteiger partial charge in [0.2, 0.25) is 0 Å². The van der Waals surface area contributed by atoms with E-state index >= 15 is 0 Å². The Kier molecular flexibility index (Phi) is 5.71. The molecular formula is C15H21N3O6. The first-order valence-electron chi connectivity index (χ1n) is 7.60. The van der Waals surface area contributed by atoms with Gasteiger partial charge in [-0.25, -0.2) is 4.79 Å². The molecule has 24 heavy (non-hydrogen) atoms. The fraction of sp³-hybridized carbons (Fsp3) is 0.533. The van der Waals surface area contributed by atoms with Crippen LogP contribution in [-0.2, 0) is 0 Å². The predicted molar refractivity (Wildman–Crippen MR) is 84.8 cm³/mol. The van der Waals surface area contributed by atoms with Crippen LogP contribution < -0.4 is 0 Å². The molecule has 1 aromatic carbocycles. The van der Waals surface area contributed by atoms with Crippen molar-refractivity contribution in [1.82, 2.24) is 9.80 Å². The van der Waals surface area contributed by atoms with Gasteiger partial charge >= 0.3 is 6.09 Å². The number of aliphatic hydroxyl groups excluding tert-OH is 2. The Hall–Kier alpha value is -2.23. The zero-order valence-electron chi connectivity index (χ0n) is 13.3. The number of aliphatic hydroxyl groups is 2. The number of nitrogens with zero attached hydrogens (tertiary/aromatic N) is 3. The van der Waals surface area contributed by atoms with E-state index in [-0.39, 0.29) is 31.9 Å². The summed E-state index contributed by atoms with van der Waals surface area (Å²) < 4.78 is 0. The first-order valence-corrected chi connectivity index (χ1v) is 7.60. The van der Waals surface area contributed by atoms with Crippen LogP contribution in [0.4, 0.5) is 10.5 Å². The average Bonchev–Trinajstić information content (AvgIpc) is 2.54. The van der Waals surface area contributed by atoms with E-state index in [1.165, 1.54) is 17.0 Å². The van der Waals surface area contributed by atoms with Crippen molar-refractivity contribution < 1.29 is 25.0 Å². The van der Waals surface area contributed by atoms with Crippen molar-refractivity contribution in [3.63, 3.8) is 0 Å². The smallest absolute Gasteiger partial charge is 0.407 e. The fourth-order valence-corrected chi connectivity index (χ4v) is 3.00. The Morgan fingerprint density at radius 1 is 1.46 bits per heavy atom. The molecule has 0 aromatic heterocycles. The number of hydrogen-bond donors (Lipinski definition) is 3. The Bertz CT molecular complexity index is 623. The molecule has 9 nitrogen and oxygen atoms in total. The van der Waals surface area contributed by atoms with Crippen LogP contribution in [0.3, 0.4) is 0 Å². The Morgan fingerprint density at radius 3 is 2.75 bits per heavy atom. The summed E-state index contributed by atoms with van der Waals surface area (Å²) in [5, 5.41) is 40.0. The third-order valence-corrected chi connectivity index (χ3v) is 4.40. The van der Waals surface area contributed by atoms with Crippen LogP contribution in [0.25, 0.3) is 0 Å². The zero-order valence-corrected chi connectivity index (χ0v) is 13.3. The summed E-state index contributed by atoms with van der Waals surface area (Å²) in [5.41, 5.74) is 0.808. The SMILES string of the molecule is Cc1c(C(O)CN2CCN(C(=O)O)CC2CO)cccc1[N+](=O)[O-]. The van der Waals surface area contributed by atoms with E-state index in [1.807, 2.05) is 4.90 Å². The maximum absolute atomic E-state index is 11.0. The Morgan fingerprint density at radius 2 is 2.17 bits per heavy atom. The standard InChI is InChI=1S/C15H21N3O6/c1-10-12(3-2-4-13(10)18(23)24)14(20)8-16-5-6-17(15(21)22)7-11(16)9-19/h2-4,11,14,19-20H,5-9H2,1H3,(H,21,22). The molecule has 0 bridgehead atoms. The molecule has 0 saturated carbocycles. The summed E-state index contributed by atoms with van der Waals surface area (Å²) >= 11 is 0. The summed E-state index contributed by atoms with van der Waals surface area (Å²) in [6, 6.07) is 4.13. The number of nitro groups is 1. The van der Waals surface area contributed by atoms with Gasteiger partial charge in [-0.1, -0.05) is 12.1 Å². The minimum atomic E-state index is -1.04. The number of nitro benzene ring substituents is 1. The molecule has 2 unspecified atom stereocenters. The number of benzene rings is 1. The maximum atomic E-state index is 11.0. The molecular weight excluding hydrogens is 318 g/mol. The van der Waals surface area contributed by atoms with Gasteiger partial charge < -0.3 is 20.2 Å². The van der Waals surface area contributed by atoms with Crippen LogP contribution in [0.5, 0.6) is 0 Å². The third kappa shape index (κ3) is 3.81. The summed E-state index contributed by atoms with van der Waals surface area (Å²) in [5.74, 6) is 0. The largest absolute Gasteiger partial charge is 0.465 e. The quantitative estimate of drug-likeness (QED) is 0.529. The number of β-amino-alcohol motifs (C(OH)–C–C–N with tert-alkyl or cyclic N) is 1. The molecule has 1 amide bonds. The highest BCUT2D eigenvalue weighted by molar-refractivity contribution is 5.65. The first kappa shape index (κ1) is 18.1. The topological polar surface area (TPSA) is 127 Å². The van der Waals surface area contributed by atoms with E-state index in [1.54, 1.807) is 13.0 Å². The molecule has 1 fully saturated rings. The summed E-state index contributed by atoms with van der Waals surface area (Å²) in [6.07, 6.45) is -2.00. The van der Waals surface area contributed by atoms with E-state index in [4.69, 9.17) is 5.11 Å². The second-order valence-corrected chi connectivity index (χ2v) is 5.82. The van der Waals surface area contributed by atoms with Crippen molar-refractivity contribution >= 4 is 11.8 Å². The molecule has 1 aromatic rings. The number of carboxylic acid groups (broad SMARTS) is 1.